The van der Waals surface area contributed by atoms with Crippen LogP contribution in [-0.4, -0.2) is 9.13 Å². The smallest absolute Gasteiger partial charge is 0.0541 e. The number of rotatable bonds is 10. The first-order chi connectivity index (χ1) is 31.7. The van der Waals surface area contributed by atoms with E-state index in [4.69, 9.17) is 0 Å². The molecule has 0 saturated carbocycles. The summed E-state index contributed by atoms with van der Waals surface area (Å²) in [6, 6.07) is 78.2. The van der Waals surface area contributed by atoms with Gasteiger partial charge in [0.05, 0.1) is 22.1 Å². The Morgan fingerprint density at radius 1 is 0.234 bits per heavy atom. The zero-order valence-corrected chi connectivity index (χ0v) is 35.3. The van der Waals surface area contributed by atoms with Gasteiger partial charge in [0.1, 0.15) is 0 Å². The van der Waals surface area contributed by atoms with Gasteiger partial charge >= 0.3 is 0 Å². The van der Waals surface area contributed by atoms with Crippen LogP contribution in [0, 0.1) is 0 Å². The maximum atomic E-state index is 2.35. The summed E-state index contributed by atoms with van der Waals surface area (Å²) >= 11 is 0. The van der Waals surface area contributed by atoms with E-state index in [-0.39, 0.29) is 0 Å². The molecule has 0 aliphatic carbocycles. The molecule has 64 heavy (non-hydrogen) atoms. The molecule has 0 spiro atoms. The summed E-state index contributed by atoms with van der Waals surface area (Å²) in [7, 11) is 0. The predicted octanol–water partition coefficient (Wildman–Crippen LogP) is 16.7. The van der Waals surface area contributed by atoms with Crippen molar-refractivity contribution in [1.29, 1.82) is 0 Å². The lowest BCUT2D eigenvalue weighted by Gasteiger charge is -2.08. The molecule has 302 valence electrons. The summed E-state index contributed by atoms with van der Waals surface area (Å²) < 4.78 is 4.63. The van der Waals surface area contributed by atoms with E-state index in [9.17, 15) is 0 Å². The number of benzene rings is 9. The molecule has 0 saturated heterocycles. The number of fused-ring (bicyclic) bond motifs is 6. The second kappa shape index (κ2) is 17.1. The van der Waals surface area contributed by atoms with Crippen molar-refractivity contribution in [2.45, 2.75) is 0 Å². The molecule has 0 bridgehead atoms. The van der Waals surface area contributed by atoms with Crippen LogP contribution in [0.4, 0.5) is 0 Å². The quantitative estimate of drug-likeness (QED) is 0.122. The monoisotopic (exact) mass is 816 g/mol. The Hall–Kier alpha value is -8.46. The van der Waals surface area contributed by atoms with Crippen LogP contribution in [0.2, 0.25) is 0 Å². The molecule has 11 rings (SSSR count). The van der Waals surface area contributed by atoms with Gasteiger partial charge in [0, 0.05) is 33.4 Å². The van der Waals surface area contributed by atoms with Crippen LogP contribution in [0.15, 0.2) is 218 Å². The molecule has 0 unspecified atom stereocenters. The van der Waals surface area contributed by atoms with Crippen LogP contribution in [0.3, 0.4) is 0 Å². The highest BCUT2D eigenvalue weighted by Gasteiger charge is 2.11. The van der Waals surface area contributed by atoms with Gasteiger partial charge in [0.15, 0.2) is 0 Å². The number of hydrogen-bond donors (Lipinski definition) is 0. The van der Waals surface area contributed by atoms with E-state index in [1.54, 1.807) is 0 Å². The van der Waals surface area contributed by atoms with E-state index >= 15 is 0 Å². The first-order valence-electron chi connectivity index (χ1n) is 21.9. The fourth-order valence-electron chi connectivity index (χ4n) is 8.80. The molecule has 0 N–H and O–H groups in total. The summed E-state index contributed by atoms with van der Waals surface area (Å²) in [5.74, 6) is 0. The van der Waals surface area contributed by atoms with Gasteiger partial charge in [-0.1, -0.05) is 218 Å². The molecule has 2 nitrogen and oxygen atoms in total. The van der Waals surface area contributed by atoms with E-state index in [1.807, 2.05) is 0 Å². The van der Waals surface area contributed by atoms with E-state index < -0.39 is 0 Å². The predicted molar refractivity (Wildman–Crippen MR) is 277 cm³/mol. The zero-order chi connectivity index (χ0) is 42.7. The summed E-state index contributed by atoms with van der Waals surface area (Å²) in [4.78, 5) is 0. The lowest BCUT2D eigenvalue weighted by molar-refractivity contribution is 1.18. The van der Waals surface area contributed by atoms with Gasteiger partial charge in [-0.2, -0.15) is 0 Å². The Kier molecular flexibility index (Phi) is 10.3. The molecule has 0 aliphatic heterocycles. The molecule has 0 radical (unpaired) electrons. The van der Waals surface area contributed by atoms with Crippen molar-refractivity contribution in [2.24, 2.45) is 0 Å². The molecule has 9 aromatic carbocycles. The lowest BCUT2D eigenvalue weighted by atomic mass is 10.0. The van der Waals surface area contributed by atoms with Gasteiger partial charge in [0.2, 0.25) is 0 Å². The highest BCUT2D eigenvalue weighted by atomic mass is 15.0. The Morgan fingerprint density at radius 2 is 0.500 bits per heavy atom. The van der Waals surface area contributed by atoms with Crippen molar-refractivity contribution in [1.82, 2.24) is 9.13 Å². The molecule has 0 aliphatic rings. The second-order valence-electron chi connectivity index (χ2n) is 16.3. The van der Waals surface area contributed by atoms with Crippen molar-refractivity contribution in [2.75, 3.05) is 0 Å². The SMILES string of the molecule is C(=C\c1ccc(-c2ccc(/C=C/c3ccc(/C=C/n4c5ccccc5c5ccccc54)cc3)cc2)cc1)/c1ccc(/C=C/c2ccc(-n3c4ccccc4c4ccccc43)cc2)cc1. The largest absolute Gasteiger partial charge is 0.316 e. The van der Waals surface area contributed by atoms with Gasteiger partial charge in [0.25, 0.3) is 0 Å². The van der Waals surface area contributed by atoms with Crippen LogP contribution in [0.1, 0.15) is 38.9 Å². The Balaban J connectivity index is 0.689. The summed E-state index contributed by atoms with van der Waals surface area (Å²) in [5, 5.41) is 5.11. The van der Waals surface area contributed by atoms with Crippen LogP contribution in [0.25, 0.3) is 109 Å². The first kappa shape index (κ1) is 38.5. The van der Waals surface area contributed by atoms with Crippen molar-refractivity contribution in [3.63, 3.8) is 0 Å². The molecule has 0 amide bonds. The fourth-order valence-corrected chi connectivity index (χ4v) is 8.80. The van der Waals surface area contributed by atoms with E-state index in [0.29, 0.717) is 0 Å². The number of nitrogens with zero attached hydrogens (tertiary/aromatic N) is 2. The molecule has 2 heteroatoms. The number of hydrogen-bond acceptors (Lipinski definition) is 0. The molecular weight excluding hydrogens is 773 g/mol. The minimum absolute atomic E-state index is 1.16. The maximum Gasteiger partial charge on any atom is 0.0541 e. The van der Waals surface area contributed by atoms with Crippen LogP contribution < -0.4 is 0 Å². The average molecular weight is 817 g/mol. The first-order valence-corrected chi connectivity index (χ1v) is 21.9. The lowest BCUT2D eigenvalue weighted by Crippen LogP contribution is -1.93. The summed E-state index contributed by atoms with van der Waals surface area (Å²) in [5.41, 5.74) is 16.6. The van der Waals surface area contributed by atoms with E-state index in [0.717, 1.165) is 11.3 Å². The molecule has 2 heterocycles. The van der Waals surface area contributed by atoms with Gasteiger partial charge in [-0.15, -0.1) is 0 Å². The highest BCUT2D eigenvalue weighted by Crippen LogP contribution is 2.33. The standard InChI is InChI=1S/C62H44N2/c1-5-13-59-55(9-1)56-10-2-6-14-60(56)63(59)44-43-51-29-27-47(28-30-51)22-25-49-33-39-53(40-34-49)52-37-31-48(32-38-52)24-21-45-17-19-46(20-18-45)23-26-50-35-41-54(42-36-50)64-61-15-7-3-11-57(61)58-12-4-8-16-62(58)64/h1-44H/b24-21+,25-22+,26-23+,44-43+. The number of para-hydroxylation sites is 4. The minimum atomic E-state index is 1.16. The molecule has 0 atom stereocenters. The second-order valence-corrected chi connectivity index (χ2v) is 16.3. The average Bonchev–Trinajstić information content (AvgIpc) is 3.87. The normalized spacial score (nSPS) is 12.1. The summed E-state index contributed by atoms with van der Waals surface area (Å²) in [6.45, 7) is 0. The minimum Gasteiger partial charge on any atom is -0.316 e. The van der Waals surface area contributed by atoms with Crippen LogP contribution >= 0.6 is 0 Å². The third kappa shape index (κ3) is 7.81. The van der Waals surface area contributed by atoms with Gasteiger partial charge in [-0.3, -0.25) is 0 Å². The Bertz CT molecular complexity index is 3430. The summed E-state index contributed by atoms with van der Waals surface area (Å²) in [6.07, 6.45) is 17.4. The van der Waals surface area contributed by atoms with Gasteiger partial charge < -0.3 is 9.13 Å². The highest BCUT2D eigenvalue weighted by molar-refractivity contribution is 6.10. The van der Waals surface area contributed by atoms with Crippen molar-refractivity contribution in [3.05, 3.63) is 257 Å². The number of aromatic nitrogens is 2. The van der Waals surface area contributed by atoms with Crippen molar-refractivity contribution >= 4 is 92.3 Å². The van der Waals surface area contributed by atoms with Crippen molar-refractivity contribution < 1.29 is 0 Å². The Morgan fingerprint density at radius 3 is 0.859 bits per heavy atom. The maximum absolute atomic E-state index is 2.35. The van der Waals surface area contributed by atoms with E-state index in [1.165, 1.54) is 88.1 Å². The van der Waals surface area contributed by atoms with Crippen molar-refractivity contribution in [3.8, 4) is 16.8 Å². The molecule has 11 aromatic rings. The Labute approximate surface area is 374 Å². The third-order valence-corrected chi connectivity index (χ3v) is 12.2. The third-order valence-electron chi connectivity index (χ3n) is 12.2. The molecular formula is C62H44N2. The van der Waals surface area contributed by atoms with E-state index in [2.05, 4.69) is 276 Å². The molecule has 0 fully saturated rings. The van der Waals surface area contributed by atoms with Gasteiger partial charge in [-0.05, 0) is 92.5 Å². The topological polar surface area (TPSA) is 9.86 Å². The fraction of sp³-hybridized carbons (Fsp3) is 0. The van der Waals surface area contributed by atoms with Crippen LogP contribution in [0.5, 0.6) is 0 Å². The van der Waals surface area contributed by atoms with Gasteiger partial charge in [-0.25, -0.2) is 0 Å². The zero-order valence-electron chi connectivity index (χ0n) is 35.3. The van der Waals surface area contributed by atoms with Crippen LogP contribution in [-0.2, 0) is 0 Å². The molecule has 2 aromatic heterocycles.